The van der Waals surface area contributed by atoms with E-state index in [0.717, 1.165) is 54.3 Å². The van der Waals surface area contributed by atoms with E-state index in [-0.39, 0.29) is 16.7 Å². The molecule has 0 unspecified atom stereocenters. The van der Waals surface area contributed by atoms with Crippen LogP contribution in [0.15, 0.2) is 59.8 Å². The Hall–Kier alpha value is -4.16. The molecule has 1 aliphatic heterocycles. The summed E-state index contributed by atoms with van der Waals surface area (Å²) in [5, 5.41) is 7.31. The van der Waals surface area contributed by atoms with E-state index in [0.29, 0.717) is 11.4 Å². The van der Waals surface area contributed by atoms with Crippen LogP contribution in [0.1, 0.15) is 11.1 Å². The monoisotopic (exact) mass is 549 g/mol. The van der Waals surface area contributed by atoms with Crippen molar-refractivity contribution in [2.24, 2.45) is 7.05 Å². The zero-order valence-corrected chi connectivity index (χ0v) is 23.1. The van der Waals surface area contributed by atoms with Crippen molar-refractivity contribution in [3.63, 3.8) is 0 Å². The first-order chi connectivity index (χ1) is 18.7. The van der Waals surface area contributed by atoms with Crippen molar-refractivity contribution >= 4 is 21.7 Å². The molecule has 11 nitrogen and oxygen atoms in total. The highest BCUT2D eigenvalue weighted by molar-refractivity contribution is 7.92. The second-order valence-electron chi connectivity index (χ2n) is 9.34. The van der Waals surface area contributed by atoms with Gasteiger partial charge in [0.1, 0.15) is 16.4 Å². The molecule has 2 aromatic heterocycles. The van der Waals surface area contributed by atoms with E-state index in [1.54, 1.807) is 20.2 Å². The van der Waals surface area contributed by atoms with Crippen molar-refractivity contribution in [2.45, 2.75) is 18.7 Å². The second-order valence-corrected chi connectivity index (χ2v) is 11.0. The zero-order valence-electron chi connectivity index (χ0n) is 22.3. The van der Waals surface area contributed by atoms with Gasteiger partial charge >= 0.3 is 0 Å². The maximum Gasteiger partial charge on any atom is 0.267 e. The summed E-state index contributed by atoms with van der Waals surface area (Å²) in [7, 11) is -0.717. The Morgan fingerprint density at radius 3 is 2.28 bits per heavy atom. The Labute approximate surface area is 227 Å². The fraction of sp³-hybridized carbons (Fsp3) is 0.296. The Balaban J connectivity index is 1.50. The predicted molar refractivity (Wildman–Crippen MR) is 149 cm³/mol. The quantitative estimate of drug-likeness (QED) is 0.340. The molecule has 1 saturated heterocycles. The summed E-state index contributed by atoms with van der Waals surface area (Å²) in [6.45, 7) is 7.67. The molecule has 39 heavy (non-hydrogen) atoms. The Bertz CT molecular complexity index is 1560. The molecule has 12 heteroatoms. The minimum absolute atomic E-state index is 0.00165. The molecule has 2 aromatic carbocycles. The molecular formula is C27H31N7O4S. The average Bonchev–Trinajstić information content (AvgIpc) is 3.36. The molecular weight excluding hydrogens is 518 g/mol. The Kier molecular flexibility index (Phi) is 7.40. The highest BCUT2D eigenvalue weighted by Crippen LogP contribution is 2.33. The van der Waals surface area contributed by atoms with Gasteiger partial charge in [-0.1, -0.05) is 0 Å². The van der Waals surface area contributed by atoms with Gasteiger partial charge in [-0.25, -0.2) is 18.1 Å². The lowest BCUT2D eigenvalue weighted by atomic mass is 9.99. The van der Waals surface area contributed by atoms with Gasteiger partial charge in [-0.2, -0.15) is 10.1 Å². The van der Waals surface area contributed by atoms with Gasteiger partial charge in [0.15, 0.2) is 0 Å². The molecule has 3 heterocycles. The summed E-state index contributed by atoms with van der Waals surface area (Å²) >= 11 is 0. The molecule has 1 fully saturated rings. The summed E-state index contributed by atoms with van der Waals surface area (Å²) in [6.07, 6.45) is 2.67. The second kappa shape index (κ2) is 10.9. The number of benzene rings is 2. The van der Waals surface area contributed by atoms with Gasteiger partial charge in [0.05, 0.1) is 19.0 Å². The van der Waals surface area contributed by atoms with Gasteiger partial charge in [0, 0.05) is 56.7 Å². The van der Waals surface area contributed by atoms with E-state index in [9.17, 15) is 8.42 Å². The highest BCUT2D eigenvalue weighted by atomic mass is 32.2. The number of nitrogens with zero attached hydrogens (tertiary/aromatic N) is 5. The predicted octanol–water partition coefficient (Wildman–Crippen LogP) is 3.51. The molecule has 1 aliphatic rings. The van der Waals surface area contributed by atoms with Crippen molar-refractivity contribution in [2.75, 3.05) is 42.9 Å². The molecule has 4 aromatic rings. The number of hydrogen-bond acceptors (Lipinski definition) is 9. The number of sulfonamides is 1. The van der Waals surface area contributed by atoms with Crippen LogP contribution >= 0.6 is 0 Å². The van der Waals surface area contributed by atoms with Gasteiger partial charge in [0.25, 0.3) is 10.0 Å². The summed E-state index contributed by atoms with van der Waals surface area (Å²) in [4.78, 5) is 11.2. The number of nitrogens with one attached hydrogen (secondary N) is 2. The van der Waals surface area contributed by atoms with E-state index in [1.807, 2.05) is 50.2 Å². The van der Waals surface area contributed by atoms with Crippen LogP contribution in [0.3, 0.4) is 0 Å². The van der Waals surface area contributed by atoms with Crippen molar-refractivity contribution in [3.8, 4) is 28.6 Å². The van der Waals surface area contributed by atoms with Crippen molar-refractivity contribution in [3.05, 3.63) is 66.0 Å². The zero-order chi connectivity index (χ0) is 27.6. The third-order valence-corrected chi connectivity index (χ3v) is 7.74. The van der Waals surface area contributed by atoms with E-state index in [1.165, 1.54) is 17.1 Å². The highest BCUT2D eigenvalue weighted by Gasteiger charge is 2.21. The SMILES string of the molecule is COc1cc(C)c(-c2cc(Oc3ccc(N4CCNCC4)cc3)nc(NS(=O)(=O)c3cnn(C)c3)n2)c(C)c1. The maximum atomic E-state index is 13.0. The molecule has 0 bridgehead atoms. The molecule has 0 atom stereocenters. The van der Waals surface area contributed by atoms with E-state index in [4.69, 9.17) is 9.47 Å². The van der Waals surface area contributed by atoms with E-state index >= 15 is 0 Å². The normalized spacial score (nSPS) is 13.8. The lowest BCUT2D eigenvalue weighted by Gasteiger charge is -2.29. The molecule has 2 N–H and O–H groups in total. The van der Waals surface area contributed by atoms with Crippen LogP contribution in [0.2, 0.25) is 0 Å². The Morgan fingerprint density at radius 1 is 0.974 bits per heavy atom. The van der Waals surface area contributed by atoms with Gasteiger partial charge in [-0.3, -0.25) is 4.68 Å². The number of anilines is 2. The number of hydrogen-bond donors (Lipinski definition) is 2. The maximum absolute atomic E-state index is 13.0. The number of piperazine rings is 1. The summed E-state index contributed by atoms with van der Waals surface area (Å²) in [6, 6.07) is 13.3. The van der Waals surface area contributed by atoms with Gasteiger partial charge in [-0.15, -0.1) is 0 Å². The van der Waals surface area contributed by atoms with Crippen LogP contribution in [-0.4, -0.2) is 61.5 Å². The third-order valence-electron chi connectivity index (χ3n) is 6.46. The van der Waals surface area contributed by atoms with Crippen molar-refractivity contribution in [1.29, 1.82) is 0 Å². The topological polar surface area (TPSA) is 123 Å². The number of methoxy groups -OCH3 is 1. The standard InChI is InChI=1S/C27H31N7O4S/c1-18-13-22(37-4)14-19(2)26(18)24-15-25(31-27(30-24)32-39(35,36)23-16-29-33(3)17-23)38-21-7-5-20(6-8-21)34-11-9-28-10-12-34/h5-8,13-17,28H,9-12H2,1-4H3,(H,30,31,32). The van der Waals surface area contributed by atoms with Crippen LogP contribution in [0, 0.1) is 13.8 Å². The lowest BCUT2D eigenvalue weighted by Crippen LogP contribution is -2.43. The van der Waals surface area contributed by atoms with Crippen molar-refractivity contribution in [1.82, 2.24) is 25.1 Å². The molecule has 0 saturated carbocycles. The summed E-state index contributed by atoms with van der Waals surface area (Å²) in [5.74, 6) is 1.39. The van der Waals surface area contributed by atoms with Gasteiger partial charge < -0.3 is 19.7 Å². The molecule has 0 spiro atoms. The van der Waals surface area contributed by atoms with Crippen LogP contribution in [0.25, 0.3) is 11.3 Å². The van der Waals surface area contributed by atoms with Crippen LogP contribution < -0.4 is 24.4 Å². The minimum atomic E-state index is -3.97. The van der Waals surface area contributed by atoms with E-state index in [2.05, 4.69) is 30.0 Å². The fourth-order valence-corrected chi connectivity index (χ4v) is 5.51. The largest absolute Gasteiger partial charge is 0.497 e. The molecule has 5 rings (SSSR count). The van der Waals surface area contributed by atoms with Crippen molar-refractivity contribution < 1.29 is 17.9 Å². The first-order valence-corrected chi connectivity index (χ1v) is 14.0. The summed E-state index contributed by atoms with van der Waals surface area (Å²) in [5.41, 5.74) is 4.29. The number of aryl methyl sites for hydroxylation is 3. The number of ether oxygens (including phenoxy) is 2. The van der Waals surface area contributed by atoms with Crippen LogP contribution in [-0.2, 0) is 17.1 Å². The van der Waals surface area contributed by atoms with E-state index < -0.39 is 10.0 Å². The third kappa shape index (κ3) is 5.96. The molecule has 0 aliphatic carbocycles. The minimum Gasteiger partial charge on any atom is -0.497 e. The molecule has 204 valence electrons. The first-order valence-electron chi connectivity index (χ1n) is 12.5. The molecule has 0 amide bonds. The number of rotatable bonds is 8. The lowest BCUT2D eigenvalue weighted by molar-refractivity contribution is 0.414. The van der Waals surface area contributed by atoms with Crippen LogP contribution in [0.4, 0.5) is 11.6 Å². The smallest absolute Gasteiger partial charge is 0.267 e. The first kappa shape index (κ1) is 26.4. The molecule has 0 radical (unpaired) electrons. The Morgan fingerprint density at radius 2 is 1.67 bits per heavy atom. The fourth-order valence-electron chi connectivity index (χ4n) is 4.58. The van der Waals surface area contributed by atoms with Gasteiger partial charge in [-0.05, 0) is 61.4 Å². The van der Waals surface area contributed by atoms with Gasteiger partial charge in [0.2, 0.25) is 11.8 Å². The average molecular weight is 550 g/mol. The number of aromatic nitrogens is 4. The van der Waals surface area contributed by atoms with Crippen LogP contribution in [0.5, 0.6) is 17.4 Å². The summed E-state index contributed by atoms with van der Waals surface area (Å²) < 4.78 is 41.5.